The van der Waals surface area contributed by atoms with Crippen molar-refractivity contribution >= 4 is 28.5 Å². The summed E-state index contributed by atoms with van der Waals surface area (Å²) in [7, 11) is 3.93. The number of hydrogen-bond donors (Lipinski definition) is 0. The Balaban J connectivity index is 2.65. The van der Waals surface area contributed by atoms with Crippen molar-refractivity contribution in [2.45, 2.75) is 6.92 Å². The number of fused-ring (bicyclic) bond motifs is 1. The second kappa shape index (κ2) is 6.77. The summed E-state index contributed by atoms with van der Waals surface area (Å²) in [6.07, 6.45) is 1.59. The summed E-state index contributed by atoms with van der Waals surface area (Å²) < 4.78 is 4.92. The van der Waals surface area contributed by atoms with Gasteiger partial charge >= 0.3 is 5.97 Å². The first kappa shape index (κ1) is 15.6. The Bertz CT molecular complexity index is 765. The van der Waals surface area contributed by atoms with Crippen LogP contribution in [-0.4, -0.2) is 26.7 Å². The van der Waals surface area contributed by atoms with E-state index in [2.05, 4.69) is 0 Å². The molecule has 0 spiro atoms. The second-order valence-corrected chi connectivity index (χ2v) is 5.01. The van der Waals surface area contributed by atoms with Crippen LogP contribution in [0, 0.1) is 11.3 Å². The van der Waals surface area contributed by atoms with Gasteiger partial charge in [0.2, 0.25) is 0 Å². The average Bonchev–Trinajstić information content (AvgIpc) is 2.52. The second-order valence-electron chi connectivity index (χ2n) is 5.01. The van der Waals surface area contributed by atoms with E-state index in [1.54, 1.807) is 13.0 Å². The van der Waals surface area contributed by atoms with Crippen molar-refractivity contribution < 1.29 is 9.53 Å². The van der Waals surface area contributed by atoms with Crippen molar-refractivity contribution in [1.82, 2.24) is 0 Å². The Kier molecular flexibility index (Phi) is 4.80. The van der Waals surface area contributed by atoms with E-state index in [4.69, 9.17) is 4.74 Å². The zero-order chi connectivity index (χ0) is 16.1. The SMILES string of the molecule is CCOC(=O)/C(C#N)=C\c1cccc2cccc(N(C)C)c12. The topological polar surface area (TPSA) is 53.3 Å². The lowest BCUT2D eigenvalue weighted by Crippen LogP contribution is -2.09. The van der Waals surface area contributed by atoms with E-state index in [9.17, 15) is 10.1 Å². The van der Waals surface area contributed by atoms with Crippen LogP contribution in [0.3, 0.4) is 0 Å². The normalized spacial score (nSPS) is 11.1. The van der Waals surface area contributed by atoms with E-state index in [-0.39, 0.29) is 12.2 Å². The molecule has 2 aromatic rings. The molecule has 0 bridgehead atoms. The molecule has 0 atom stereocenters. The number of anilines is 1. The predicted molar refractivity (Wildman–Crippen MR) is 88.5 cm³/mol. The van der Waals surface area contributed by atoms with Gasteiger partial charge in [-0.25, -0.2) is 4.79 Å². The van der Waals surface area contributed by atoms with Crippen molar-refractivity contribution in [3.05, 3.63) is 47.5 Å². The van der Waals surface area contributed by atoms with Gasteiger partial charge in [0.25, 0.3) is 0 Å². The maximum Gasteiger partial charge on any atom is 0.348 e. The van der Waals surface area contributed by atoms with Crippen molar-refractivity contribution in [2.75, 3.05) is 25.6 Å². The highest BCUT2D eigenvalue weighted by Crippen LogP contribution is 2.30. The van der Waals surface area contributed by atoms with E-state index >= 15 is 0 Å². The molecule has 0 unspecified atom stereocenters. The minimum atomic E-state index is -0.593. The van der Waals surface area contributed by atoms with Gasteiger partial charge < -0.3 is 9.64 Å². The Morgan fingerprint density at radius 3 is 2.55 bits per heavy atom. The molecule has 0 radical (unpaired) electrons. The summed E-state index contributed by atoms with van der Waals surface area (Å²) in [6.45, 7) is 1.96. The van der Waals surface area contributed by atoms with Crippen LogP contribution in [0.1, 0.15) is 12.5 Å². The van der Waals surface area contributed by atoms with Crippen LogP contribution in [0.2, 0.25) is 0 Å². The number of nitriles is 1. The third-order valence-electron chi connectivity index (χ3n) is 3.31. The van der Waals surface area contributed by atoms with Gasteiger partial charge in [-0.3, -0.25) is 0 Å². The fourth-order valence-electron chi connectivity index (χ4n) is 2.34. The summed E-state index contributed by atoms with van der Waals surface area (Å²) >= 11 is 0. The molecule has 0 fully saturated rings. The third-order valence-corrected chi connectivity index (χ3v) is 3.31. The Hall–Kier alpha value is -2.80. The van der Waals surface area contributed by atoms with Crippen LogP contribution in [0.5, 0.6) is 0 Å². The number of nitrogens with zero attached hydrogens (tertiary/aromatic N) is 2. The standard InChI is InChI=1S/C18H18N2O2/c1-4-22-18(21)15(12-19)11-14-9-5-7-13-8-6-10-16(17(13)14)20(2)3/h5-11H,4H2,1-3H3/b15-11-. The van der Waals surface area contributed by atoms with Crippen LogP contribution >= 0.6 is 0 Å². The number of carbonyl (C=O) groups excluding carboxylic acids is 1. The van der Waals surface area contributed by atoms with Crippen molar-refractivity contribution in [3.63, 3.8) is 0 Å². The van der Waals surface area contributed by atoms with Gasteiger partial charge in [-0.1, -0.05) is 30.3 Å². The lowest BCUT2D eigenvalue weighted by molar-refractivity contribution is -0.137. The molecule has 0 amide bonds. The summed E-state index contributed by atoms with van der Waals surface area (Å²) in [5.74, 6) is -0.593. The largest absolute Gasteiger partial charge is 0.462 e. The van der Waals surface area contributed by atoms with E-state index in [1.165, 1.54) is 0 Å². The van der Waals surface area contributed by atoms with E-state index < -0.39 is 5.97 Å². The lowest BCUT2D eigenvalue weighted by Gasteiger charge is -2.17. The number of rotatable bonds is 4. The molecular weight excluding hydrogens is 276 g/mol. The minimum absolute atomic E-state index is 0.00269. The predicted octanol–water partition coefficient (Wildman–Crippen LogP) is 3.38. The van der Waals surface area contributed by atoms with Gasteiger partial charge in [-0.05, 0) is 30.0 Å². The van der Waals surface area contributed by atoms with Gasteiger partial charge in [0.1, 0.15) is 11.6 Å². The monoisotopic (exact) mass is 294 g/mol. The zero-order valence-corrected chi connectivity index (χ0v) is 13.0. The van der Waals surface area contributed by atoms with Gasteiger partial charge in [0, 0.05) is 25.2 Å². The highest BCUT2D eigenvalue weighted by Gasteiger charge is 2.12. The highest BCUT2D eigenvalue weighted by atomic mass is 16.5. The molecule has 0 N–H and O–H groups in total. The van der Waals surface area contributed by atoms with Gasteiger partial charge in [0.05, 0.1) is 6.61 Å². The van der Waals surface area contributed by atoms with E-state index in [0.29, 0.717) is 0 Å². The minimum Gasteiger partial charge on any atom is -0.462 e. The molecular formula is C18H18N2O2. The highest BCUT2D eigenvalue weighted by molar-refractivity contribution is 6.05. The summed E-state index contributed by atoms with van der Waals surface area (Å²) in [5, 5.41) is 11.3. The van der Waals surface area contributed by atoms with Crippen molar-refractivity contribution in [2.24, 2.45) is 0 Å². The van der Waals surface area contributed by atoms with Crippen molar-refractivity contribution in [1.29, 1.82) is 5.26 Å². The van der Waals surface area contributed by atoms with Crippen LogP contribution in [-0.2, 0) is 9.53 Å². The molecule has 0 aliphatic rings. The van der Waals surface area contributed by atoms with Crippen molar-refractivity contribution in [3.8, 4) is 6.07 Å². The maximum atomic E-state index is 11.8. The van der Waals surface area contributed by atoms with Crippen LogP contribution in [0.15, 0.2) is 42.0 Å². The van der Waals surface area contributed by atoms with E-state index in [0.717, 1.165) is 22.0 Å². The molecule has 4 nitrogen and oxygen atoms in total. The molecule has 4 heteroatoms. The molecule has 2 rings (SSSR count). The number of ether oxygens (including phenoxy) is 1. The van der Waals surface area contributed by atoms with E-state index in [1.807, 2.05) is 61.5 Å². The van der Waals surface area contributed by atoms with Gasteiger partial charge in [-0.15, -0.1) is 0 Å². The van der Waals surface area contributed by atoms with Crippen LogP contribution in [0.25, 0.3) is 16.8 Å². The molecule has 22 heavy (non-hydrogen) atoms. The van der Waals surface area contributed by atoms with Crippen LogP contribution < -0.4 is 4.90 Å². The molecule has 0 saturated carbocycles. The fourth-order valence-corrected chi connectivity index (χ4v) is 2.34. The Morgan fingerprint density at radius 1 is 1.27 bits per heavy atom. The molecule has 2 aromatic carbocycles. The lowest BCUT2D eigenvalue weighted by atomic mass is 10.0. The molecule has 0 aromatic heterocycles. The molecule has 0 aliphatic carbocycles. The van der Waals surface area contributed by atoms with Gasteiger partial charge in [0.15, 0.2) is 0 Å². The first-order valence-corrected chi connectivity index (χ1v) is 7.06. The number of benzene rings is 2. The summed E-state index contributed by atoms with van der Waals surface area (Å²) in [5.41, 5.74) is 1.86. The quantitative estimate of drug-likeness (QED) is 0.493. The smallest absolute Gasteiger partial charge is 0.348 e. The third kappa shape index (κ3) is 3.09. The number of esters is 1. The molecule has 0 heterocycles. The average molecular weight is 294 g/mol. The molecule has 0 saturated heterocycles. The zero-order valence-electron chi connectivity index (χ0n) is 13.0. The summed E-state index contributed by atoms with van der Waals surface area (Å²) in [6, 6.07) is 13.7. The fraction of sp³-hybridized carbons (Fsp3) is 0.222. The first-order valence-electron chi connectivity index (χ1n) is 7.06. The summed E-state index contributed by atoms with van der Waals surface area (Å²) in [4.78, 5) is 13.8. The Labute approximate surface area is 130 Å². The number of hydrogen-bond acceptors (Lipinski definition) is 4. The molecule has 0 aliphatic heterocycles. The van der Waals surface area contributed by atoms with Crippen LogP contribution in [0.4, 0.5) is 5.69 Å². The van der Waals surface area contributed by atoms with Gasteiger partial charge in [-0.2, -0.15) is 5.26 Å². The molecule has 112 valence electrons. The number of carbonyl (C=O) groups is 1. The Morgan fingerprint density at radius 2 is 1.95 bits per heavy atom. The first-order chi connectivity index (χ1) is 10.6. The maximum absolute atomic E-state index is 11.8.